The Kier molecular flexibility index (Phi) is 23.4. The smallest absolute Gasteiger partial charge is 0.482 e. The van der Waals surface area contributed by atoms with Crippen LogP contribution in [0.15, 0.2) is 66.7 Å². The molecule has 414 valence electrons. The zero-order valence-electron chi connectivity index (χ0n) is 45.5. The van der Waals surface area contributed by atoms with Crippen LogP contribution < -0.4 is 9.47 Å². The summed E-state index contributed by atoms with van der Waals surface area (Å²) in [6, 6.07) is 21.4. The average molecular weight is 1040 g/mol. The highest BCUT2D eigenvalue weighted by Crippen LogP contribution is 2.50. The van der Waals surface area contributed by atoms with Crippen molar-refractivity contribution in [1.82, 2.24) is 0 Å². The molecular formula is C61H86O14. The first-order chi connectivity index (χ1) is 36.1. The van der Waals surface area contributed by atoms with Gasteiger partial charge >= 0.3 is 24.2 Å². The van der Waals surface area contributed by atoms with Gasteiger partial charge in [0.15, 0.2) is 13.2 Å². The number of carbonyl (C=O) groups excluding carboxylic acids is 3. The summed E-state index contributed by atoms with van der Waals surface area (Å²) in [6.45, 7) is 11.3. The molecule has 0 amide bonds. The van der Waals surface area contributed by atoms with Crippen LogP contribution in [0, 0.1) is 35.5 Å². The van der Waals surface area contributed by atoms with Gasteiger partial charge in [-0.3, -0.25) is 0 Å². The number of aliphatic carboxylic acids is 1. The van der Waals surface area contributed by atoms with E-state index in [4.69, 9.17) is 38.3 Å². The van der Waals surface area contributed by atoms with Crippen LogP contribution in [-0.2, 0) is 65.6 Å². The molecule has 2 saturated carbocycles. The van der Waals surface area contributed by atoms with Gasteiger partial charge in [-0.25, -0.2) is 19.2 Å². The number of hydrogen-bond acceptors (Lipinski definition) is 13. The number of rotatable bonds is 26. The second-order valence-corrected chi connectivity index (χ2v) is 22.0. The Morgan fingerprint density at radius 1 is 0.560 bits per heavy atom. The van der Waals surface area contributed by atoms with E-state index in [0.29, 0.717) is 29.4 Å². The average Bonchev–Trinajstić information content (AvgIpc) is 3.86. The van der Waals surface area contributed by atoms with Crippen LogP contribution in [0.5, 0.6) is 11.5 Å². The van der Waals surface area contributed by atoms with E-state index in [1.807, 2.05) is 68.4 Å². The number of aliphatic hydroxyl groups is 2. The van der Waals surface area contributed by atoms with E-state index >= 15 is 0 Å². The highest BCUT2D eigenvalue weighted by Gasteiger charge is 2.46. The summed E-state index contributed by atoms with van der Waals surface area (Å²) in [6.07, 6.45) is 13.1. The molecule has 0 aliphatic heterocycles. The van der Waals surface area contributed by atoms with Crippen molar-refractivity contribution in [3.63, 3.8) is 0 Å². The number of unbranched alkanes of at least 4 members (excludes halogenated alkanes) is 4. The maximum atomic E-state index is 12.3. The van der Waals surface area contributed by atoms with Crippen LogP contribution in [0.1, 0.15) is 159 Å². The standard InChI is InChI=1S/C34H46O7.C27H40O7/c1-4-5-7-14-27(41-34(37)40-23(2)3)16-17-28-29-18-25-13-10-15-32(30(25)19-26(29)20-31(28)35)38-22-33(36)39-21-24-11-8-6-9-12-24;1-4-5-6-9-20(34-27(31)33-17(2)3)11-12-21-22-13-18-8-7-10-25(32-16-26(29)30)23(18)14-19(22)15-24(21)28/h6,8-13,15,23,26-29,31,35H,4-5,7,14,16-22H2,1-3H3;7-8,10,17,19-22,24,28H,4-6,9,11-16H2,1-3H3,(H,29,30)/t26-,27-,28+,29-,31+;19-,20-,21+,22-,24+/m00/s1. The fraction of sp³-hybridized carbons (Fsp3) is 0.639. The molecule has 3 aromatic rings. The van der Waals surface area contributed by atoms with Gasteiger partial charge in [-0.1, -0.05) is 94.1 Å². The van der Waals surface area contributed by atoms with E-state index < -0.39 is 24.2 Å². The van der Waals surface area contributed by atoms with Gasteiger partial charge in [-0.05, 0) is 193 Å². The topological polar surface area (TPSA) is 194 Å². The van der Waals surface area contributed by atoms with E-state index in [1.54, 1.807) is 13.8 Å². The Balaban J connectivity index is 0.000000248. The molecule has 0 bridgehead atoms. The van der Waals surface area contributed by atoms with Crippen molar-refractivity contribution in [3.05, 3.63) is 94.5 Å². The van der Waals surface area contributed by atoms with E-state index in [0.717, 1.165) is 138 Å². The molecule has 3 aromatic carbocycles. The van der Waals surface area contributed by atoms with Gasteiger partial charge < -0.3 is 48.5 Å². The first-order valence-corrected chi connectivity index (χ1v) is 28.1. The van der Waals surface area contributed by atoms with Gasteiger partial charge in [0.2, 0.25) is 0 Å². The van der Waals surface area contributed by atoms with E-state index in [2.05, 4.69) is 26.0 Å². The van der Waals surface area contributed by atoms with Gasteiger partial charge in [0.25, 0.3) is 0 Å². The summed E-state index contributed by atoms with van der Waals surface area (Å²) in [5.41, 5.74) is 5.55. The third-order valence-electron chi connectivity index (χ3n) is 15.7. The molecule has 4 aliphatic rings. The zero-order chi connectivity index (χ0) is 53.9. The summed E-state index contributed by atoms with van der Waals surface area (Å²) in [4.78, 5) is 47.6. The van der Waals surface area contributed by atoms with Gasteiger partial charge in [0, 0.05) is 0 Å². The Morgan fingerprint density at radius 3 is 1.47 bits per heavy atom. The lowest BCUT2D eigenvalue weighted by molar-refractivity contribution is -0.147. The highest BCUT2D eigenvalue weighted by atomic mass is 16.7. The van der Waals surface area contributed by atoms with Gasteiger partial charge in [0.05, 0.1) is 24.4 Å². The lowest BCUT2D eigenvalue weighted by atomic mass is 9.73. The van der Waals surface area contributed by atoms with Crippen molar-refractivity contribution in [1.29, 1.82) is 0 Å². The highest BCUT2D eigenvalue weighted by molar-refractivity contribution is 5.71. The molecule has 14 heteroatoms. The van der Waals surface area contributed by atoms with Crippen molar-refractivity contribution < 1.29 is 67.7 Å². The number of benzene rings is 3. The molecular weight excluding hydrogens is 957 g/mol. The van der Waals surface area contributed by atoms with Crippen LogP contribution in [-0.4, -0.2) is 89.4 Å². The fourth-order valence-corrected chi connectivity index (χ4v) is 12.2. The van der Waals surface area contributed by atoms with Gasteiger partial charge in [-0.2, -0.15) is 0 Å². The fourth-order valence-electron chi connectivity index (χ4n) is 12.2. The predicted molar refractivity (Wildman–Crippen MR) is 284 cm³/mol. The first kappa shape index (κ1) is 58.9. The molecule has 10 atom stereocenters. The second-order valence-electron chi connectivity index (χ2n) is 22.0. The minimum Gasteiger partial charge on any atom is -0.482 e. The molecule has 2 fully saturated rings. The van der Waals surface area contributed by atoms with Crippen molar-refractivity contribution in [2.24, 2.45) is 35.5 Å². The minimum absolute atomic E-state index is 0.138. The van der Waals surface area contributed by atoms with Crippen molar-refractivity contribution in [2.45, 2.75) is 200 Å². The number of carbonyl (C=O) groups is 4. The largest absolute Gasteiger partial charge is 0.508 e. The van der Waals surface area contributed by atoms with E-state index in [9.17, 15) is 29.4 Å². The van der Waals surface area contributed by atoms with Crippen LogP contribution in [0.2, 0.25) is 0 Å². The van der Waals surface area contributed by atoms with Crippen LogP contribution in [0.3, 0.4) is 0 Å². The maximum absolute atomic E-state index is 12.3. The molecule has 14 nitrogen and oxygen atoms in total. The summed E-state index contributed by atoms with van der Waals surface area (Å²) in [7, 11) is 0. The quantitative estimate of drug-likeness (QED) is 0.0390. The number of ether oxygens (including phenoxy) is 7. The molecule has 4 aliphatic carbocycles. The summed E-state index contributed by atoms with van der Waals surface area (Å²) < 4.78 is 38.6. The summed E-state index contributed by atoms with van der Waals surface area (Å²) >= 11 is 0. The van der Waals surface area contributed by atoms with Crippen molar-refractivity contribution in [3.8, 4) is 11.5 Å². The van der Waals surface area contributed by atoms with Crippen LogP contribution >= 0.6 is 0 Å². The Labute approximate surface area is 445 Å². The molecule has 0 saturated heterocycles. The van der Waals surface area contributed by atoms with Crippen molar-refractivity contribution >= 4 is 24.2 Å². The first-order valence-electron chi connectivity index (χ1n) is 28.1. The molecule has 7 rings (SSSR count). The minimum atomic E-state index is -0.990. The van der Waals surface area contributed by atoms with Crippen LogP contribution in [0.25, 0.3) is 0 Å². The molecule has 0 heterocycles. The second kappa shape index (κ2) is 29.8. The molecule has 0 unspecified atom stereocenters. The Morgan fingerprint density at radius 2 is 1.03 bits per heavy atom. The zero-order valence-corrected chi connectivity index (χ0v) is 45.5. The third-order valence-corrected chi connectivity index (χ3v) is 15.7. The lowest BCUT2D eigenvalue weighted by Crippen LogP contribution is -2.29. The molecule has 0 radical (unpaired) electrons. The SMILES string of the molecule is CCCCC[C@@H](CC[C@@H]1[C@H]2Cc3cccc(OCC(=O)O)c3C[C@H]2C[C@H]1O)OC(=O)OC(C)C.CCCCC[C@@H](CC[C@@H]1[C@H]2Cc3cccc(OCC(=O)OCc4ccccc4)c3C[C@H]2C[C@H]1O)OC(=O)OC(C)C. The Bertz CT molecular complexity index is 2250. The van der Waals surface area contributed by atoms with E-state index in [1.165, 1.54) is 11.1 Å². The predicted octanol–water partition coefficient (Wildman–Crippen LogP) is 12.0. The summed E-state index contributed by atoms with van der Waals surface area (Å²) in [5.74, 6) is 1.70. The molecule has 75 heavy (non-hydrogen) atoms. The van der Waals surface area contributed by atoms with Crippen molar-refractivity contribution in [2.75, 3.05) is 13.2 Å². The maximum Gasteiger partial charge on any atom is 0.508 e. The lowest BCUT2D eigenvalue weighted by Gasteiger charge is -2.32. The number of carboxylic acids is 1. The van der Waals surface area contributed by atoms with E-state index in [-0.39, 0.29) is 68.3 Å². The number of carboxylic acid groups (broad SMARTS) is 1. The van der Waals surface area contributed by atoms with Crippen LogP contribution in [0.4, 0.5) is 9.59 Å². The number of fused-ring (bicyclic) bond motifs is 4. The normalized spacial score (nSPS) is 23.0. The monoisotopic (exact) mass is 1040 g/mol. The number of hydrogen-bond donors (Lipinski definition) is 3. The number of esters is 1. The van der Waals surface area contributed by atoms with Gasteiger partial charge in [0.1, 0.15) is 30.3 Å². The van der Waals surface area contributed by atoms with Gasteiger partial charge in [-0.15, -0.1) is 0 Å². The molecule has 0 aromatic heterocycles. The third kappa shape index (κ3) is 18.1. The molecule has 3 N–H and O–H groups in total. The molecule has 0 spiro atoms. The number of aliphatic hydroxyl groups excluding tert-OH is 2. The summed E-state index contributed by atoms with van der Waals surface area (Å²) in [5, 5.41) is 31.0. The Hall–Kier alpha value is -5.34.